The molecule has 30 heavy (non-hydrogen) atoms. The van der Waals surface area contributed by atoms with E-state index in [-0.39, 0.29) is 30.4 Å². The van der Waals surface area contributed by atoms with E-state index >= 15 is 0 Å². The molecule has 0 unspecified atom stereocenters. The van der Waals surface area contributed by atoms with Crippen LogP contribution in [0.25, 0.3) is 0 Å². The number of aryl methyl sites for hydroxylation is 2. The van der Waals surface area contributed by atoms with Gasteiger partial charge in [-0.2, -0.15) is 0 Å². The molecule has 0 radical (unpaired) electrons. The van der Waals surface area contributed by atoms with Crippen molar-refractivity contribution in [2.75, 3.05) is 26.2 Å². The Morgan fingerprint density at radius 1 is 1.00 bits per heavy atom. The molecule has 2 heterocycles. The van der Waals surface area contributed by atoms with E-state index in [1.54, 1.807) is 23.6 Å². The number of halogens is 3. The zero-order chi connectivity index (χ0) is 21.9. The van der Waals surface area contributed by atoms with Gasteiger partial charge in [0.05, 0.1) is 18.5 Å². The van der Waals surface area contributed by atoms with E-state index in [2.05, 4.69) is 9.89 Å². The lowest BCUT2D eigenvalue weighted by molar-refractivity contribution is -0.274. The summed E-state index contributed by atoms with van der Waals surface area (Å²) in [5.74, 6) is 0.111. The molecule has 2 amide bonds. The average molecular weight is 425 g/mol. The van der Waals surface area contributed by atoms with Gasteiger partial charge in [-0.15, -0.1) is 13.2 Å². The van der Waals surface area contributed by atoms with E-state index in [4.69, 9.17) is 4.52 Å². The van der Waals surface area contributed by atoms with Crippen molar-refractivity contribution < 1.29 is 32.0 Å². The summed E-state index contributed by atoms with van der Waals surface area (Å²) in [5.41, 5.74) is 2.07. The minimum atomic E-state index is -4.75. The topological polar surface area (TPSA) is 75.9 Å². The summed E-state index contributed by atoms with van der Waals surface area (Å²) in [6.07, 6.45) is -4.47. The fourth-order valence-electron chi connectivity index (χ4n) is 3.32. The summed E-state index contributed by atoms with van der Waals surface area (Å²) < 4.78 is 45.5. The second-order valence-corrected chi connectivity index (χ2v) is 7.11. The Morgan fingerprint density at radius 2 is 1.53 bits per heavy atom. The number of carbonyl (C=O) groups excluding carboxylic acids is 2. The van der Waals surface area contributed by atoms with Crippen LogP contribution in [-0.4, -0.2) is 59.3 Å². The number of carbonyl (C=O) groups is 2. The van der Waals surface area contributed by atoms with Gasteiger partial charge in [-0.1, -0.05) is 17.3 Å². The van der Waals surface area contributed by atoms with Gasteiger partial charge in [-0.05, 0) is 31.5 Å². The zero-order valence-electron chi connectivity index (χ0n) is 16.7. The predicted octanol–water partition coefficient (Wildman–Crippen LogP) is 2.65. The minimum absolute atomic E-state index is 0.0447. The maximum Gasteiger partial charge on any atom is 0.573 e. The van der Waals surface area contributed by atoms with Crippen LogP contribution in [0.4, 0.5) is 13.2 Å². The number of benzene rings is 1. The van der Waals surface area contributed by atoms with E-state index in [1.165, 1.54) is 24.3 Å². The monoisotopic (exact) mass is 425 g/mol. The van der Waals surface area contributed by atoms with Gasteiger partial charge in [0, 0.05) is 31.7 Å². The Kier molecular flexibility index (Phi) is 6.33. The predicted molar refractivity (Wildman–Crippen MR) is 99.7 cm³/mol. The molecule has 0 aliphatic carbocycles. The summed E-state index contributed by atoms with van der Waals surface area (Å²) in [5, 5.41) is 3.85. The maximum absolute atomic E-state index is 12.5. The fourth-order valence-corrected chi connectivity index (χ4v) is 3.32. The molecule has 1 fully saturated rings. The molecule has 1 aliphatic rings. The van der Waals surface area contributed by atoms with Crippen molar-refractivity contribution in [2.24, 2.45) is 0 Å². The molecule has 162 valence electrons. The largest absolute Gasteiger partial charge is 0.573 e. The van der Waals surface area contributed by atoms with Crippen molar-refractivity contribution in [3.05, 3.63) is 46.8 Å². The molecule has 0 bridgehead atoms. The first-order valence-electron chi connectivity index (χ1n) is 9.44. The smallest absolute Gasteiger partial charge is 0.406 e. The number of nitrogens with zero attached hydrogens (tertiary/aromatic N) is 3. The van der Waals surface area contributed by atoms with Crippen molar-refractivity contribution in [2.45, 2.75) is 33.1 Å². The molecule has 3 rings (SSSR count). The lowest BCUT2D eigenvalue weighted by atomic mass is 10.1. The number of hydrogen-bond donors (Lipinski definition) is 0. The fraction of sp³-hybridized carbons (Fsp3) is 0.450. The van der Waals surface area contributed by atoms with Crippen LogP contribution in [0.3, 0.4) is 0 Å². The van der Waals surface area contributed by atoms with Crippen molar-refractivity contribution >= 4 is 11.8 Å². The van der Waals surface area contributed by atoms with Crippen LogP contribution in [-0.2, 0) is 22.4 Å². The third kappa shape index (κ3) is 5.52. The standard InChI is InChI=1S/C20H22F3N3O4/c1-13-17(14(2)30-24-13)12-19(28)26-9-7-25(8-10-26)18(27)11-15-3-5-16(6-4-15)29-20(21,22)23/h3-6H,7-12H2,1-2H3. The lowest BCUT2D eigenvalue weighted by Gasteiger charge is -2.35. The molecule has 7 nitrogen and oxygen atoms in total. The Hall–Kier alpha value is -3.04. The Labute approximate surface area is 171 Å². The molecule has 1 aliphatic heterocycles. The first kappa shape index (κ1) is 21.7. The average Bonchev–Trinajstić information content (AvgIpc) is 3.00. The van der Waals surface area contributed by atoms with E-state index < -0.39 is 6.36 Å². The molecule has 2 aromatic rings. The SMILES string of the molecule is Cc1noc(C)c1CC(=O)N1CCN(C(=O)Cc2ccc(OC(F)(F)F)cc2)CC1. The van der Waals surface area contributed by atoms with Crippen molar-refractivity contribution in [1.82, 2.24) is 15.0 Å². The second kappa shape index (κ2) is 8.76. The third-order valence-corrected chi connectivity index (χ3v) is 5.01. The van der Waals surface area contributed by atoms with Crippen LogP contribution >= 0.6 is 0 Å². The Bertz CT molecular complexity index is 882. The second-order valence-electron chi connectivity index (χ2n) is 7.11. The molecule has 0 N–H and O–H groups in total. The van der Waals surface area contributed by atoms with Crippen LogP contribution < -0.4 is 4.74 Å². The molecular formula is C20H22F3N3O4. The first-order valence-corrected chi connectivity index (χ1v) is 9.44. The number of ether oxygens (including phenoxy) is 1. The number of alkyl halides is 3. The lowest BCUT2D eigenvalue weighted by Crippen LogP contribution is -2.51. The van der Waals surface area contributed by atoms with Crippen LogP contribution in [0.5, 0.6) is 5.75 Å². The highest BCUT2D eigenvalue weighted by atomic mass is 19.4. The van der Waals surface area contributed by atoms with Gasteiger partial charge in [0.25, 0.3) is 0 Å². The number of aromatic nitrogens is 1. The summed E-state index contributed by atoms with van der Waals surface area (Å²) in [7, 11) is 0. The third-order valence-electron chi connectivity index (χ3n) is 5.01. The molecular weight excluding hydrogens is 403 g/mol. The summed E-state index contributed by atoms with van der Waals surface area (Å²) in [6.45, 7) is 5.21. The van der Waals surface area contributed by atoms with Crippen LogP contribution in [0, 0.1) is 13.8 Å². The number of amides is 2. The van der Waals surface area contributed by atoms with Gasteiger partial charge >= 0.3 is 6.36 Å². The quantitative estimate of drug-likeness (QED) is 0.736. The summed E-state index contributed by atoms with van der Waals surface area (Å²) in [4.78, 5) is 28.4. The highest BCUT2D eigenvalue weighted by Crippen LogP contribution is 2.23. The van der Waals surface area contributed by atoms with Gasteiger partial charge in [0.15, 0.2) is 0 Å². The highest BCUT2D eigenvalue weighted by Gasteiger charge is 2.31. The normalized spacial score (nSPS) is 14.7. The van der Waals surface area contributed by atoms with Crippen molar-refractivity contribution in [1.29, 1.82) is 0 Å². The molecule has 0 saturated carbocycles. The number of piperazine rings is 1. The minimum Gasteiger partial charge on any atom is -0.406 e. The molecule has 1 aromatic carbocycles. The van der Waals surface area contributed by atoms with E-state index in [1.807, 2.05) is 0 Å². The maximum atomic E-state index is 12.5. The van der Waals surface area contributed by atoms with Gasteiger partial charge in [-0.3, -0.25) is 9.59 Å². The van der Waals surface area contributed by atoms with Crippen LogP contribution in [0.2, 0.25) is 0 Å². The van der Waals surface area contributed by atoms with E-state index in [0.717, 1.165) is 5.56 Å². The zero-order valence-corrected chi connectivity index (χ0v) is 16.7. The highest BCUT2D eigenvalue weighted by molar-refractivity contribution is 5.81. The van der Waals surface area contributed by atoms with Crippen LogP contribution in [0.1, 0.15) is 22.6 Å². The van der Waals surface area contributed by atoms with Gasteiger partial charge in [0.1, 0.15) is 11.5 Å². The Balaban J connectivity index is 1.48. The van der Waals surface area contributed by atoms with Gasteiger partial charge in [0.2, 0.25) is 11.8 Å². The number of rotatable bonds is 5. The molecule has 0 atom stereocenters. The summed E-state index contributed by atoms with van der Waals surface area (Å²) >= 11 is 0. The van der Waals surface area contributed by atoms with Gasteiger partial charge < -0.3 is 19.1 Å². The summed E-state index contributed by atoms with van der Waals surface area (Å²) in [6, 6.07) is 5.23. The molecule has 1 aromatic heterocycles. The van der Waals surface area contributed by atoms with Crippen LogP contribution in [0.15, 0.2) is 28.8 Å². The van der Waals surface area contributed by atoms with Crippen molar-refractivity contribution in [3.63, 3.8) is 0 Å². The molecule has 10 heteroatoms. The van der Waals surface area contributed by atoms with Gasteiger partial charge in [-0.25, -0.2) is 0 Å². The molecule has 1 saturated heterocycles. The first-order chi connectivity index (χ1) is 14.1. The molecule has 0 spiro atoms. The van der Waals surface area contributed by atoms with E-state index in [9.17, 15) is 22.8 Å². The van der Waals surface area contributed by atoms with E-state index in [0.29, 0.717) is 43.2 Å². The number of hydrogen-bond acceptors (Lipinski definition) is 5. The Morgan fingerprint density at radius 3 is 2.00 bits per heavy atom. The van der Waals surface area contributed by atoms with Crippen molar-refractivity contribution in [3.8, 4) is 5.75 Å².